The van der Waals surface area contributed by atoms with Crippen LogP contribution in [0.25, 0.3) is 0 Å². The Hall–Kier alpha value is -1.06. The highest BCUT2D eigenvalue weighted by molar-refractivity contribution is 6.31. The Morgan fingerprint density at radius 2 is 2.23 bits per heavy atom. The van der Waals surface area contributed by atoms with Gasteiger partial charge in [-0.2, -0.15) is 0 Å². The molecule has 0 saturated carbocycles. The van der Waals surface area contributed by atoms with E-state index >= 15 is 0 Å². The zero-order chi connectivity index (χ0) is 9.84. The third-order valence-electron chi connectivity index (χ3n) is 1.61. The van der Waals surface area contributed by atoms with Gasteiger partial charge in [0.25, 0.3) is 0 Å². The number of esters is 1. The summed E-state index contributed by atoms with van der Waals surface area (Å²) in [5.41, 5.74) is 6.66. The highest BCUT2D eigenvalue weighted by Gasteiger charge is 2.06. The number of carbonyl (C=O) groups excluding carboxylic acids is 1. The molecule has 0 aliphatic carbocycles. The standard InChI is InChI=1S/C9H10ClNO2/c1-13-9(12)7-2-6(5-11)3-8(10)4-7/h2-4H,5,11H2,1H3. The van der Waals surface area contributed by atoms with Crippen molar-refractivity contribution in [1.82, 2.24) is 0 Å². The third kappa shape index (κ3) is 2.44. The number of halogens is 1. The van der Waals surface area contributed by atoms with Crippen LogP contribution >= 0.6 is 11.6 Å². The summed E-state index contributed by atoms with van der Waals surface area (Å²) in [4.78, 5) is 11.1. The second kappa shape index (κ2) is 4.25. The van der Waals surface area contributed by atoms with E-state index in [1.165, 1.54) is 7.11 Å². The van der Waals surface area contributed by atoms with Gasteiger partial charge in [-0.25, -0.2) is 4.79 Å². The second-order valence-corrected chi connectivity index (χ2v) is 2.98. The molecule has 13 heavy (non-hydrogen) atoms. The molecular formula is C9H10ClNO2. The first-order valence-electron chi connectivity index (χ1n) is 3.75. The number of hydrogen-bond acceptors (Lipinski definition) is 3. The maximum absolute atomic E-state index is 11.1. The quantitative estimate of drug-likeness (QED) is 0.736. The molecule has 0 heterocycles. The molecule has 0 spiro atoms. The fourth-order valence-corrected chi connectivity index (χ4v) is 1.26. The first-order valence-corrected chi connectivity index (χ1v) is 4.13. The van der Waals surface area contributed by atoms with E-state index in [0.29, 0.717) is 17.1 Å². The van der Waals surface area contributed by atoms with Crippen molar-refractivity contribution >= 4 is 17.6 Å². The van der Waals surface area contributed by atoms with Gasteiger partial charge in [0.2, 0.25) is 0 Å². The smallest absolute Gasteiger partial charge is 0.337 e. The Balaban J connectivity index is 3.08. The summed E-state index contributed by atoms with van der Waals surface area (Å²) in [6.07, 6.45) is 0. The van der Waals surface area contributed by atoms with E-state index < -0.39 is 5.97 Å². The Morgan fingerprint density at radius 1 is 1.54 bits per heavy atom. The minimum Gasteiger partial charge on any atom is -0.465 e. The molecule has 0 saturated heterocycles. The van der Waals surface area contributed by atoms with E-state index in [0.717, 1.165) is 5.56 Å². The van der Waals surface area contributed by atoms with Crippen LogP contribution in [0.5, 0.6) is 0 Å². The lowest BCUT2D eigenvalue weighted by Crippen LogP contribution is -2.04. The molecule has 1 rings (SSSR count). The normalized spacial score (nSPS) is 9.77. The van der Waals surface area contributed by atoms with Crippen LogP contribution in [0.15, 0.2) is 18.2 Å². The van der Waals surface area contributed by atoms with Gasteiger partial charge in [-0.3, -0.25) is 0 Å². The van der Waals surface area contributed by atoms with Gasteiger partial charge < -0.3 is 10.5 Å². The van der Waals surface area contributed by atoms with Crippen LogP contribution in [0.3, 0.4) is 0 Å². The molecule has 0 aliphatic heterocycles. The van der Waals surface area contributed by atoms with Crippen molar-refractivity contribution in [3.05, 3.63) is 34.3 Å². The van der Waals surface area contributed by atoms with E-state index in [4.69, 9.17) is 17.3 Å². The Bertz CT molecular complexity index is 325. The first-order chi connectivity index (χ1) is 6.17. The number of methoxy groups -OCH3 is 1. The minimum absolute atomic E-state index is 0.352. The largest absolute Gasteiger partial charge is 0.465 e. The van der Waals surface area contributed by atoms with E-state index in [9.17, 15) is 4.79 Å². The van der Waals surface area contributed by atoms with Crippen molar-refractivity contribution in [2.24, 2.45) is 5.73 Å². The molecule has 0 aliphatic rings. The molecule has 4 heteroatoms. The molecule has 70 valence electrons. The van der Waals surface area contributed by atoms with Crippen LogP contribution in [0.2, 0.25) is 5.02 Å². The number of nitrogens with two attached hydrogens (primary N) is 1. The van der Waals surface area contributed by atoms with Crippen LogP contribution in [-0.2, 0) is 11.3 Å². The predicted octanol–water partition coefficient (Wildman–Crippen LogP) is 1.59. The van der Waals surface area contributed by atoms with E-state index in [-0.39, 0.29) is 0 Å². The Kier molecular flexibility index (Phi) is 3.28. The molecule has 0 bridgehead atoms. The average molecular weight is 200 g/mol. The number of rotatable bonds is 2. The zero-order valence-electron chi connectivity index (χ0n) is 7.21. The van der Waals surface area contributed by atoms with Gasteiger partial charge in [-0.15, -0.1) is 0 Å². The predicted molar refractivity (Wildman–Crippen MR) is 50.7 cm³/mol. The van der Waals surface area contributed by atoms with E-state index in [1.807, 2.05) is 0 Å². The summed E-state index contributed by atoms with van der Waals surface area (Å²) in [7, 11) is 1.32. The second-order valence-electron chi connectivity index (χ2n) is 2.54. The topological polar surface area (TPSA) is 52.3 Å². The Morgan fingerprint density at radius 3 is 2.77 bits per heavy atom. The van der Waals surface area contributed by atoms with Crippen molar-refractivity contribution in [3.8, 4) is 0 Å². The molecule has 1 aromatic carbocycles. The van der Waals surface area contributed by atoms with Crippen LogP contribution in [0.4, 0.5) is 0 Å². The summed E-state index contributed by atoms with van der Waals surface area (Å²) < 4.78 is 4.55. The molecule has 3 nitrogen and oxygen atoms in total. The number of carbonyl (C=O) groups is 1. The highest BCUT2D eigenvalue weighted by Crippen LogP contribution is 2.15. The maximum Gasteiger partial charge on any atom is 0.337 e. The van der Waals surface area contributed by atoms with E-state index in [2.05, 4.69) is 4.74 Å². The number of hydrogen-bond donors (Lipinski definition) is 1. The zero-order valence-corrected chi connectivity index (χ0v) is 7.97. The van der Waals surface area contributed by atoms with Gasteiger partial charge in [0.15, 0.2) is 0 Å². The van der Waals surface area contributed by atoms with Gasteiger partial charge in [0.05, 0.1) is 12.7 Å². The lowest BCUT2D eigenvalue weighted by molar-refractivity contribution is 0.0600. The van der Waals surface area contributed by atoms with Crippen molar-refractivity contribution < 1.29 is 9.53 Å². The van der Waals surface area contributed by atoms with Crippen molar-refractivity contribution in [3.63, 3.8) is 0 Å². The molecule has 1 aromatic rings. The summed E-state index contributed by atoms with van der Waals surface area (Å²) in [6, 6.07) is 4.93. The molecule has 0 amide bonds. The SMILES string of the molecule is COC(=O)c1cc(Cl)cc(CN)c1. The number of benzene rings is 1. The molecule has 0 unspecified atom stereocenters. The Labute approximate surface area is 81.4 Å². The van der Waals surface area contributed by atoms with Crippen molar-refractivity contribution in [2.75, 3.05) is 7.11 Å². The third-order valence-corrected chi connectivity index (χ3v) is 1.83. The fourth-order valence-electron chi connectivity index (χ4n) is 1.00. The fraction of sp³-hybridized carbons (Fsp3) is 0.222. The monoisotopic (exact) mass is 199 g/mol. The van der Waals surface area contributed by atoms with Crippen LogP contribution in [0, 0.1) is 0 Å². The van der Waals surface area contributed by atoms with Gasteiger partial charge in [-0.05, 0) is 23.8 Å². The van der Waals surface area contributed by atoms with Crippen molar-refractivity contribution in [2.45, 2.75) is 6.54 Å². The lowest BCUT2D eigenvalue weighted by atomic mass is 10.1. The number of ether oxygens (including phenoxy) is 1. The summed E-state index contributed by atoms with van der Waals surface area (Å²) in [5.74, 6) is -0.405. The first kappa shape index (κ1) is 10.0. The van der Waals surface area contributed by atoms with Crippen molar-refractivity contribution in [1.29, 1.82) is 0 Å². The summed E-state index contributed by atoms with van der Waals surface area (Å²) in [5, 5.41) is 0.489. The molecule has 2 N–H and O–H groups in total. The minimum atomic E-state index is -0.405. The molecule has 0 fully saturated rings. The summed E-state index contributed by atoms with van der Waals surface area (Å²) >= 11 is 5.77. The van der Waals surface area contributed by atoms with Gasteiger partial charge in [0.1, 0.15) is 0 Å². The molecule has 0 atom stereocenters. The van der Waals surface area contributed by atoms with Gasteiger partial charge in [-0.1, -0.05) is 11.6 Å². The van der Waals surface area contributed by atoms with Gasteiger partial charge in [0, 0.05) is 11.6 Å². The summed E-state index contributed by atoms with van der Waals surface area (Å²) in [6.45, 7) is 0.352. The highest BCUT2D eigenvalue weighted by atomic mass is 35.5. The average Bonchev–Trinajstić information content (AvgIpc) is 2.15. The maximum atomic E-state index is 11.1. The lowest BCUT2D eigenvalue weighted by Gasteiger charge is -2.02. The molecular weight excluding hydrogens is 190 g/mol. The van der Waals surface area contributed by atoms with Crippen LogP contribution in [-0.4, -0.2) is 13.1 Å². The molecule has 0 aromatic heterocycles. The molecule has 0 radical (unpaired) electrons. The van der Waals surface area contributed by atoms with Gasteiger partial charge >= 0.3 is 5.97 Å². The van der Waals surface area contributed by atoms with Crippen LogP contribution in [0.1, 0.15) is 15.9 Å². The van der Waals surface area contributed by atoms with Crippen LogP contribution < -0.4 is 5.73 Å². The van der Waals surface area contributed by atoms with E-state index in [1.54, 1.807) is 18.2 Å².